The van der Waals surface area contributed by atoms with Gasteiger partial charge in [0, 0.05) is 12.1 Å². The second-order valence-corrected chi connectivity index (χ2v) is 8.99. The van der Waals surface area contributed by atoms with Crippen LogP contribution in [-0.2, 0) is 16.9 Å². The van der Waals surface area contributed by atoms with Gasteiger partial charge < -0.3 is 15.4 Å². The van der Waals surface area contributed by atoms with Crippen LogP contribution in [0.1, 0.15) is 44.1 Å². The molecule has 8 nitrogen and oxygen atoms in total. The van der Waals surface area contributed by atoms with Gasteiger partial charge in [0.1, 0.15) is 5.75 Å². The smallest absolute Gasteiger partial charge is 0.243 e. The third-order valence-electron chi connectivity index (χ3n) is 5.56. The Balaban J connectivity index is 2.02. The summed E-state index contributed by atoms with van der Waals surface area (Å²) in [6, 6.07) is 15.9. The van der Waals surface area contributed by atoms with E-state index >= 15 is 0 Å². The molecule has 1 unspecified atom stereocenters. The number of tetrazole rings is 1. The molecule has 1 amide bonds. The minimum atomic E-state index is -0.677. The van der Waals surface area contributed by atoms with Gasteiger partial charge in [0.15, 0.2) is 5.82 Å². The number of aromatic nitrogens is 4. The van der Waals surface area contributed by atoms with Crippen LogP contribution in [-0.4, -0.2) is 38.8 Å². The summed E-state index contributed by atoms with van der Waals surface area (Å²) in [5, 5.41) is 19.4. The van der Waals surface area contributed by atoms with Gasteiger partial charge in [-0.05, 0) is 79.9 Å². The minimum Gasteiger partial charge on any atom is -0.497 e. The first kappa shape index (κ1) is 24.1. The van der Waals surface area contributed by atoms with Crippen molar-refractivity contribution in [1.29, 1.82) is 0 Å². The molecule has 1 atom stereocenters. The van der Waals surface area contributed by atoms with Crippen molar-refractivity contribution in [3.8, 4) is 11.4 Å². The number of ether oxygens (including phenoxy) is 1. The van der Waals surface area contributed by atoms with Crippen LogP contribution in [0.3, 0.4) is 0 Å². The largest absolute Gasteiger partial charge is 0.497 e. The molecule has 8 heteroatoms. The number of aryl methyl sites for hydroxylation is 1. The Kier molecular flexibility index (Phi) is 7.28. The van der Waals surface area contributed by atoms with E-state index in [0.717, 1.165) is 22.6 Å². The maximum Gasteiger partial charge on any atom is 0.243 e. The Morgan fingerprint density at radius 3 is 2.55 bits per heavy atom. The Morgan fingerprint density at radius 2 is 1.91 bits per heavy atom. The predicted octanol–water partition coefficient (Wildman–Crippen LogP) is 3.46. The van der Waals surface area contributed by atoms with Gasteiger partial charge in [0.2, 0.25) is 5.91 Å². The Labute approximate surface area is 195 Å². The molecule has 0 aliphatic heterocycles. The van der Waals surface area contributed by atoms with E-state index in [4.69, 9.17) is 4.74 Å². The van der Waals surface area contributed by atoms with Crippen LogP contribution in [0.2, 0.25) is 0 Å². The number of carbonyl (C=O) groups is 1. The zero-order valence-corrected chi connectivity index (χ0v) is 19.9. The van der Waals surface area contributed by atoms with Crippen molar-refractivity contribution in [2.24, 2.45) is 0 Å². The van der Waals surface area contributed by atoms with Crippen LogP contribution in [0.15, 0.2) is 61.2 Å². The fraction of sp³-hybridized carbons (Fsp3) is 0.360. The number of rotatable bonds is 10. The summed E-state index contributed by atoms with van der Waals surface area (Å²) in [4.78, 5) is 12.1. The fourth-order valence-corrected chi connectivity index (χ4v) is 4.11. The van der Waals surface area contributed by atoms with Gasteiger partial charge in [-0.1, -0.05) is 36.9 Å². The molecule has 1 heterocycles. The number of carbonyl (C=O) groups excluding carboxylic acids is 1. The van der Waals surface area contributed by atoms with Crippen molar-refractivity contribution in [2.45, 2.75) is 51.7 Å². The molecular weight excluding hydrogens is 416 g/mol. The second kappa shape index (κ2) is 9.95. The SMILES string of the molecule is C=CC(=O)NC(C)(C)CC(C)(NCc1ccccc1)c1nnnn1-c1ccc(OC)cc1C. The molecule has 174 valence electrons. The fourth-order valence-electron chi connectivity index (χ4n) is 4.11. The molecular formula is C25H32N6O2. The van der Waals surface area contributed by atoms with E-state index in [1.54, 1.807) is 11.8 Å². The van der Waals surface area contributed by atoms with E-state index in [2.05, 4.69) is 51.8 Å². The van der Waals surface area contributed by atoms with Crippen molar-refractivity contribution in [3.05, 3.63) is 78.1 Å². The normalized spacial score (nSPS) is 13.2. The monoisotopic (exact) mass is 448 g/mol. The summed E-state index contributed by atoms with van der Waals surface area (Å²) >= 11 is 0. The van der Waals surface area contributed by atoms with Crippen molar-refractivity contribution < 1.29 is 9.53 Å². The molecule has 1 aromatic heterocycles. The number of benzene rings is 2. The molecule has 2 aromatic carbocycles. The first-order valence-electron chi connectivity index (χ1n) is 10.8. The van der Waals surface area contributed by atoms with Gasteiger partial charge in [-0.25, -0.2) is 0 Å². The lowest BCUT2D eigenvalue weighted by atomic mass is 9.84. The Hall–Kier alpha value is -3.52. The van der Waals surface area contributed by atoms with E-state index in [1.807, 2.05) is 57.2 Å². The highest BCUT2D eigenvalue weighted by atomic mass is 16.5. The highest BCUT2D eigenvalue weighted by Crippen LogP contribution is 2.31. The van der Waals surface area contributed by atoms with E-state index in [-0.39, 0.29) is 5.91 Å². The summed E-state index contributed by atoms with van der Waals surface area (Å²) in [5.74, 6) is 1.19. The van der Waals surface area contributed by atoms with Crippen LogP contribution in [0, 0.1) is 6.92 Å². The number of nitrogens with zero attached hydrogens (tertiary/aromatic N) is 4. The quantitative estimate of drug-likeness (QED) is 0.462. The van der Waals surface area contributed by atoms with Crippen molar-refractivity contribution >= 4 is 5.91 Å². The van der Waals surface area contributed by atoms with E-state index in [9.17, 15) is 4.79 Å². The third kappa shape index (κ3) is 5.84. The van der Waals surface area contributed by atoms with Crippen LogP contribution in [0.25, 0.3) is 5.69 Å². The number of nitrogens with one attached hydrogen (secondary N) is 2. The maximum atomic E-state index is 12.1. The number of hydrogen-bond acceptors (Lipinski definition) is 6. The van der Waals surface area contributed by atoms with Crippen molar-refractivity contribution in [2.75, 3.05) is 7.11 Å². The van der Waals surface area contributed by atoms with Gasteiger partial charge in [-0.2, -0.15) is 4.68 Å². The molecule has 0 saturated heterocycles. The molecule has 0 fully saturated rings. The Bertz CT molecular complexity index is 1110. The van der Waals surface area contributed by atoms with Gasteiger partial charge in [-0.3, -0.25) is 4.79 Å². The van der Waals surface area contributed by atoms with Crippen LogP contribution in [0.5, 0.6) is 5.75 Å². The zero-order chi connectivity index (χ0) is 24.1. The van der Waals surface area contributed by atoms with E-state index < -0.39 is 11.1 Å². The summed E-state index contributed by atoms with van der Waals surface area (Å²) < 4.78 is 7.09. The number of methoxy groups -OCH3 is 1. The molecule has 2 N–H and O–H groups in total. The summed E-state index contributed by atoms with van der Waals surface area (Å²) in [6.07, 6.45) is 1.81. The Morgan fingerprint density at radius 1 is 1.18 bits per heavy atom. The molecule has 33 heavy (non-hydrogen) atoms. The highest BCUT2D eigenvalue weighted by molar-refractivity contribution is 5.87. The molecule has 3 rings (SSSR count). The second-order valence-electron chi connectivity index (χ2n) is 8.99. The first-order chi connectivity index (χ1) is 15.7. The maximum absolute atomic E-state index is 12.1. The minimum absolute atomic E-state index is 0.226. The molecule has 0 aliphatic rings. The lowest BCUT2D eigenvalue weighted by Gasteiger charge is -2.38. The van der Waals surface area contributed by atoms with Gasteiger partial charge >= 0.3 is 0 Å². The number of hydrogen-bond donors (Lipinski definition) is 2. The highest BCUT2D eigenvalue weighted by Gasteiger charge is 2.39. The number of amides is 1. The molecule has 0 aliphatic carbocycles. The van der Waals surface area contributed by atoms with Gasteiger partial charge in [0.25, 0.3) is 0 Å². The molecule has 0 spiro atoms. The summed E-state index contributed by atoms with van der Waals surface area (Å²) in [6.45, 7) is 12.2. The van der Waals surface area contributed by atoms with E-state index in [0.29, 0.717) is 18.8 Å². The third-order valence-corrected chi connectivity index (χ3v) is 5.56. The topological polar surface area (TPSA) is 94.0 Å². The zero-order valence-electron chi connectivity index (χ0n) is 19.9. The van der Waals surface area contributed by atoms with Crippen LogP contribution < -0.4 is 15.4 Å². The van der Waals surface area contributed by atoms with Crippen molar-refractivity contribution in [3.63, 3.8) is 0 Å². The van der Waals surface area contributed by atoms with Crippen molar-refractivity contribution in [1.82, 2.24) is 30.8 Å². The molecule has 3 aromatic rings. The van der Waals surface area contributed by atoms with Crippen LogP contribution in [0.4, 0.5) is 0 Å². The van der Waals surface area contributed by atoms with E-state index in [1.165, 1.54) is 6.08 Å². The first-order valence-corrected chi connectivity index (χ1v) is 10.8. The lowest BCUT2D eigenvalue weighted by molar-refractivity contribution is -0.118. The molecule has 0 saturated carbocycles. The average Bonchev–Trinajstić information content (AvgIpc) is 3.28. The predicted molar refractivity (Wildman–Crippen MR) is 128 cm³/mol. The summed E-state index contributed by atoms with van der Waals surface area (Å²) in [7, 11) is 1.64. The van der Waals surface area contributed by atoms with Gasteiger partial charge in [-0.15, -0.1) is 5.10 Å². The summed E-state index contributed by atoms with van der Waals surface area (Å²) in [5.41, 5.74) is 1.74. The standard InChI is InChI=1S/C25H32N6O2/c1-7-22(32)27-24(3,4)17-25(5,26-16-19-11-9-8-10-12-19)23-28-29-30-31(23)21-14-13-20(33-6)15-18(21)2/h7-15,26H,1,16-17H2,2-6H3,(H,27,32). The van der Waals surface area contributed by atoms with Gasteiger partial charge in [0.05, 0.1) is 18.3 Å². The average molecular weight is 449 g/mol. The van der Waals surface area contributed by atoms with Crippen LogP contribution >= 0.6 is 0 Å². The molecule has 0 radical (unpaired) electrons. The molecule has 0 bridgehead atoms. The lowest BCUT2D eigenvalue weighted by Crippen LogP contribution is -2.52.